The monoisotopic (exact) mass is 253 g/mol. The molecule has 0 aliphatic carbocycles. The smallest absolute Gasteiger partial charge is 0.274 e. The molecule has 0 aromatic carbocycles. The van der Waals surface area contributed by atoms with E-state index in [2.05, 4.69) is 24.1 Å². The first-order valence-corrected chi connectivity index (χ1v) is 6.01. The summed E-state index contributed by atoms with van der Waals surface area (Å²) >= 11 is 0. The molecule has 1 aromatic heterocycles. The van der Waals surface area contributed by atoms with Crippen LogP contribution in [0.2, 0.25) is 0 Å². The van der Waals surface area contributed by atoms with Crippen molar-refractivity contribution >= 4 is 11.5 Å². The highest BCUT2D eigenvalue weighted by Crippen LogP contribution is 2.13. The van der Waals surface area contributed by atoms with Gasteiger partial charge in [-0.05, 0) is 12.3 Å². The van der Waals surface area contributed by atoms with Crippen molar-refractivity contribution in [3.63, 3.8) is 0 Å². The van der Waals surface area contributed by atoms with Crippen LogP contribution in [-0.2, 0) is 4.74 Å². The highest BCUT2D eigenvalue weighted by atomic mass is 16.6. The molecular weight excluding hydrogens is 234 g/mol. The summed E-state index contributed by atoms with van der Waals surface area (Å²) < 4.78 is 5.42. The van der Waals surface area contributed by atoms with Crippen LogP contribution in [-0.4, -0.2) is 29.7 Å². The Morgan fingerprint density at radius 2 is 2.28 bits per heavy atom. The molecule has 0 aliphatic heterocycles. The van der Waals surface area contributed by atoms with E-state index >= 15 is 0 Å². The summed E-state index contributed by atoms with van der Waals surface area (Å²) in [5, 5.41) is 13.5. The van der Waals surface area contributed by atoms with E-state index in [-0.39, 0.29) is 5.69 Å². The van der Waals surface area contributed by atoms with Gasteiger partial charge in [0.2, 0.25) is 0 Å². The summed E-state index contributed by atoms with van der Waals surface area (Å²) in [6.45, 7) is 6.19. The lowest BCUT2D eigenvalue weighted by molar-refractivity contribution is -0.384. The van der Waals surface area contributed by atoms with Gasteiger partial charge in [-0.3, -0.25) is 10.1 Å². The maximum atomic E-state index is 10.6. The zero-order chi connectivity index (χ0) is 13.4. The molecule has 1 aromatic rings. The summed E-state index contributed by atoms with van der Waals surface area (Å²) in [7, 11) is 0. The van der Waals surface area contributed by atoms with Crippen molar-refractivity contribution in [2.24, 2.45) is 5.92 Å². The number of rotatable bonds is 8. The number of anilines is 1. The molecule has 6 heteroatoms. The fraction of sp³-hybridized carbons (Fsp3) is 0.583. The Hall–Kier alpha value is -1.69. The molecular formula is C12H19N3O3. The van der Waals surface area contributed by atoms with Gasteiger partial charge in [0.05, 0.1) is 17.6 Å². The van der Waals surface area contributed by atoms with Crippen molar-refractivity contribution in [3.8, 4) is 0 Å². The van der Waals surface area contributed by atoms with Crippen LogP contribution >= 0.6 is 0 Å². The number of pyridine rings is 1. The van der Waals surface area contributed by atoms with Gasteiger partial charge in [-0.15, -0.1) is 0 Å². The molecule has 0 unspecified atom stereocenters. The van der Waals surface area contributed by atoms with E-state index in [9.17, 15) is 10.1 Å². The molecule has 1 N–H and O–H groups in total. The first kappa shape index (κ1) is 14.4. The first-order valence-electron chi connectivity index (χ1n) is 6.01. The van der Waals surface area contributed by atoms with Crippen LogP contribution in [0.5, 0.6) is 0 Å². The van der Waals surface area contributed by atoms with Crippen molar-refractivity contribution < 1.29 is 9.66 Å². The standard InChI is InChI=1S/C12H19N3O3/c1-10(2)4-7-18-8-6-14-12-9-11(15(16)17)3-5-13-12/h3,5,9-10H,4,6-8H2,1-2H3,(H,13,14). The minimum absolute atomic E-state index is 0.0354. The normalized spacial score (nSPS) is 10.6. The molecule has 0 saturated heterocycles. The predicted molar refractivity (Wildman–Crippen MR) is 69.7 cm³/mol. The number of nitro groups is 1. The number of aromatic nitrogens is 1. The number of hydrogen-bond acceptors (Lipinski definition) is 5. The van der Waals surface area contributed by atoms with Crippen molar-refractivity contribution in [2.45, 2.75) is 20.3 Å². The van der Waals surface area contributed by atoms with Gasteiger partial charge in [0.1, 0.15) is 5.82 Å². The van der Waals surface area contributed by atoms with E-state index in [1.807, 2.05) is 0 Å². The van der Waals surface area contributed by atoms with Gasteiger partial charge in [0.15, 0.2) is 0 Å². The molecule has 0 aliphatic rings. The number of hydrogen-bond donors (Lipinski definition) is 1. The Balaban J connectivity index is 2.23. The van der Waals surface area contributed by atoms with Crippen LogP contribution in [0.3, 0.4) is 0 Å². The minimum atomic E-state index is -0.438. The highest BCUT2D eigenvalue weighted by Gasteiger charge is 2.05. The van der Waals surface area contributed by atoms with Crippen LogP contribution < -0.4 is 5.32 Å². The summed E-state index contributed by atoms with van der Waals surface area (Å²) in [6, 6.07) is 2.78. The molecule has 0 bridgehead atoms. The fourth-order valence-corrected chi connectivity index (χ4v) is 1.30. The van der Waals surface area contributed by atoms with Gasteiger partial charge in [-0.1, -0.05) is 13.8 Å². The van der Waals surface area contributed by atoms with E-state index in [0.29, 0.717) is 24.9 Å². The number of nitrogens with one attached hydrogen (secondary N) is 1. The van der Waals surface area contributed by atoms with Crippen molar-refractivity contribution in [1.82, 2.24) is 4.98 Å². The summed E-state index contributed by atoms with van der Waals surface area (Å²) in [4.78, 5) is 14.1. The summed E-state index contributed by atoms with van der Waals surface area (Å²) in [5.41, 5.74) is 0.0354. The maximum Gasteiger partial charge on any atom is 0.274 e. The molecule has 18 heavy (non-hydrogen) atoms. The molecule has 0 atom stereocenters. The SMILES string of the molecule is CC(C)CCOCCNc1cc([N+](=O)[O-])ccn1. The van der Waals surface area contributed by atoms with Crippen LogP contribution in [0, 0.1) is 16.0 Å². The quantitative estimate of drug-likeness (QED) is 0.437. The average molecular weight is 253 g/mol. The van der Waals surface area contributed by atoms with Crippen LogP contribution in [0.4, 0.5) is 11.5 Å². The Morgan fingerprint density at radius 3 is 2.94 bits per heavy atom. The molecule has 1 rings (SSSR count). The predicted octanol–water partition coefficient (Wildman–Crippen LogP) is 2.46. The van der Waals surface area contributed by atoms with Gasteiger partial charge in [-0.2, -0.15) is 0 Å². The summed E-state index contributed by atoms with van der Waals surface area (Å²) in [6.07, 6.45) is 2.45. The average Bonchev–Trinajstić information content (AvgIpc) is 2.33. The third-order valence-corrected chi connectivity index (χ3v) is 2.35. The van der Waals surface area contributed by atoms with Gasteiger partial charge >= 0.3 is 0 Å². The lowest BCUT2D eigenvalue weighted by Gasteiger charge is -2.07. The van der Waals surface area contributed by atoms with Crippen LogP contribution in [0.15, 0.2) is 18.3 Å². The maximum absolute atomic E-state index is 10.6. The van der Waals surface area contributed by atoms with Crippen LogP contribution in [0.1, 0.15) is 20.3 Å². The molecule has 100 valence electrons. The molecule has 0 radical (unpaired) electrons. The van der Waals surface area contributed by atoms with Crippen molar-refractivity contribution in [1.29, 1.82) is 0 Å². The number of nitrogens with zero attached hydrogens (tertiary/aromatic N) is 2. The molecule has 6 nitrogen and oxygen atoms in total. The highest BCUT2D eigenvalue weighted by molar-refractivity contribution is 5.44. The number of ether oxygens (including phenoxy) is 1. The molecule has 0 saturated carbocycles. The first-order chi connectivity index (χ1) is 8.59. The zero-order valence-electron chi connectivity index (χ0n) is 10.8. The van der Waals surface area contributed by atoms with Crippen molar-refractivity contribution in [3.05, 3.63) is 28.4 Å². The molecule has 0 fully saturated rings. The van der Waals surface area contributed by atoms with Gasteiger partial charge in [-0.25, -0.2) is 4.98 Å². The Bertz CT molecular complexity index is 383. The van der Waals surface area contributed by atoms with Crippen molar-refractivity contribution in [2.75, 3.05) is 25.1 Å². The molecule has 0 amide bonds. The molecule has 1 heterocycles. The minimum Gasteiger partial charge on any atom is -0.380 e. The van der Waals surface area contributed by atoms with Crippen LogP contribution in [0.25, 0.3) is 0 Å². The third kappa shape index (κ3) is 5.58. The topological polar surface area (TPSA) is 77.3 Å². The Labute approximate surface area is 107 Å². The summed E-state index contributed by atoms with van der Waals surface area (Å²) in [5.74, 6) is 1.13. The second-order valence-corrected chi connectivity index (χ2v) is 4.38. The second-order valence-electron chi connectivity index (χ2n) is 4.38. The lowest BCUT2D eigenvalue weighted by Crippen LogP contribution is -2.11. The fourth-order valence-electron chi connectivity index (χ4n) is 1.30. The van der Waals surface area contributed by atoms with Gasteiger partial charge < -0.3 is 10.1 Å². The Kier molecular flexibility index (Phi) is 6.07. The largest absolute Gasteiger partial charge is 0.380 e. The van der Waals surface area contributed by atoms with E-state index in [0.717, 1.165) is 13.0 Å². The second kappa shape index (κ2) is 7.60. The van der Waals surface area contributed by atoms with E-state index in [4.69, 9.17) is 4.74 Å². The van der Waals surface area contributed by atoms with E-state index in [1.165, 1.54) is 18.3 Å². The van der Waals surface area contributed by atoms with Gasteiger partial charge in [0.25, 0.3) is 5.69 Å². The Morgan fingerprint density at radius 1 is 1.50 bits per heavy atom. The zero-order valence-corrected chi connectivity index (χ0v) is 10.8. The van der Waals surface area contributed by atoms with Gasteiger partial charge in [0, 0.05) is 25.4 Å². The lowest BCUT2D eigenvalue weighted by atomic mass is 10.1. The van der Waals surface area contributed by atoms with E-state index < -0.39 is 4.92 Å². The molecule has 0 spiro atoms. The third-order valence-electron chi connectivity index (χ3n) is 2.35. The van der Waals surface area contributed by atoms with E-state index in [1.54, 1.807) is 0 Å².